The summed E-state index contributed by atoms with van der Waals surface area (Å²) >= 11 is 0. The Bertz CT molecular complexity index is 98.1. The molecule has 0 aliphatic rings. The van der Waals surface area contributed by atoms with E-state index in [4.69, 9.17) is 17.5 Å². The molecule has 0 aromatic rings. The summed E-state index contributed by atoms with van der Waals surface area (Å²) in [6, 6.07) is 0. The van der Waals surface area contributed by atoms with Gasteiger partial charge in [-0.1, -0.05) is 0 Å². The van der Waals surface area contributed by atoms with Crippen LogP contribution in [-0.4, -0.2) is 50.4 Å². The van der Waals surface area contributed by atoms with Gasteiger partial charge in [-0.15, -0.1) is 0 Å². The summed E-state index contributed by atoms with van der Waals surface area (Å²) in [6.07, 6.45) is 0. The van der Waals surface area contributed by atoms with E-state index in [9.17, 15) is 0 Å². The van der Waals surface area contributed by atoms with Crippen molar-refractivity contribution >= 4 is 10.4 Å². The van der Waals surface area contributed by atoms with Crippen LogP contribution in [0.25, 0.3) is 0 Å². The van der Waals surface area contributed by atoms with Gasteiger partial charge in [-0.3, -0.25) is 8.42 Å². The SMILES string of the molecule is O.O.O.O.O.O.O=S(=O)([O-])[O-].[K+].[Ni+2]. The van der Waals surface area contributed by atoms with Crippen LogP contribution >= 0.6 is 0 Å². The fourth-order valence-corrected chi connectivity index (χ4v) is 0. The van der Waals surface area contributed by atoms with E-state index >= 15 is 0 Å². The molecule has 0 aliphatic carbocycles. The van der Waals surface area contributed by atoms with Gasteiger partial charge in [0.1, 0.15) is 0 Å². The maximum absolute atomic E-state index is 8.52. The van der Waals surface area contributed by atoms with Crippen molar-refractivity contribution in [2.24, 2.45) is 0 Å². The summed E-state index contributed by atoms with van der Waals surface area (Å²) in [6.45, 7) is 0. The summed E-state index contributed by atoms with van der Waals surface area (Å²) in [4.78, 5) is 0. The van der Waals surface area contributed by atoms with E-state index < -0.39 is 10.4 Å². The minimum Gasteiger partial charge on any atom is -0.759 e. The van der Waals surface area contributed by atoms with Crippen molar-refractivity contribution < 1.29 is 118 Å². The largest absolute Gasteiger partial charge is 2.00 e. The van der Waals surface area contributed by atoms with Gasteiger partial charge in [0.25, 0.3) is 0 Å². The first-order chi connectivity index (χ1) is 2.00. The molecule has 0 spiro atoms. The Kier molecular flexibility index (Phi) is 241. The van der Waals surface area contributed by atoms with Gasteiger partial charge in [-0.25, -0.2) is 0 Å². The molecule has 12 N–H and O–H groups in total. The number of hydrogen-bond donors (Lipinski definition) is 0. The average Bonchev–Trinajstić information content (AvgIpc) is 0.722. The van der Waals surface area contributed by atoms with Crippen LogP contribution in [0, 0.1) is 0 Å². The molecule has 0 unspecified atom stereocenters. The minimum absolute atomic E-state index is 0. The third-order valence-electron chi connectivity index (χ3n) is 0. The van der Waals surface area contributed by atoms with Crippen LogP contribution in [0.5, 0.6) is 0 Å². The molecule has 13 heteroatoms. The van der Waals surface area contributed by atoms with Crippen molar-refractivity contribution in [1.29, 1.82) is 0 Å². The van der Waals surface area contributed by atoms with Crippen molar-refractivity contribution in [2.45, 2.75) is 0 Å². The second-order valence-electron chi connectivity index (χ2n) is 0.408. The van der Waals surface area contributed by atoms with Gasteiger partial charge in [-0.05, 0) is 0 Å². The number of rotatable bonds is 0. The Morgan fingerprint density at radius 3 is 0.692 bits per heavy atom. The third kappa shape index (κ3) is 614. The zero-order valence-corrected chi connectivity index (χ0v) is 11.3. The Morgan fingerprint density at radius 2 is 0.692 bits per heavy atom. The molecule has 0 atom stereocenters. The molecule has 13 heavy (non-hydrogen) atoms. The van der Waals surface area contributed by atoms with Crippen molar-refractivity contribution in [3.05, 3.63) is 0 Å². The molecule has 0 heterocycles. The van der Waals surface area contributed by atoms with E-state index in [1.165, 1.54) is 0 Å². The summed E-state index contributed by atoms with van der Waals surface area (Å²) < 4.78 is 34.1. The molecule has 0 saturated heterocycles. The zero-order chi connectivity index (χ0) is 4.50. The van der Waals surface area contributed by atoms with Gasteiger partial charge >= 0.3 is 67.9 Å². The fraction of sp³-hybridized carbons (Fsp3) is 0. The molecule has 0 aromatic heterocycles. The van der Waals surface area contributed by atoms with E-state index in [1.807, 2.05) is 0 Å². The predicted octanol–water partition coefficient (Wildman–Crippen LogP) is -9.28. The first kappa shape index (κ1) is 84.2. The van der Waals surface area contributed by atoms with Gasteiger partial charge in [0.05, 0.1) is 0 Å². The van der Waals surface area contributed by atoms with E-state index in [1.54, 1.807) is 0 Å². The van der Waals surface area contributed by atoms with Gasteiger partial charge < -0.3 is 42.0 Å². The molecule has 0 saturated carbocycles. The standard InChI is InChI=1S/K.Ni.H2O4S.6H2O/c;;1-5(2,3)4;;;;;;/h;;(H2,1,2,3,4);6*1H2/q+1;+2;;;;;;;/p-2. The van der Waals surface area contributed by atoms with Crippen LogP contribution in [0.1, 0.15) is 0 Å². The topological polar surface area (TPSA) is 269 Å². The number of hydrogen-bond acceptors (Lipinski definition) is 4. The Hall–Kier alpha value is 1.76. The van der Waals surface area contributed by atoms with Gasteiger partial charge in [0.15, 0.2) is 0 Å². The molecule has 0 aliphatic heterocycles. The molecular weight excluding hydrogens is 290 g/mol. The van der Waals surface area contributed by atoms with Crippen molar-refractivity contribution in [1.82, 2.24) is 0 Å². The molecule has 0 radical (unpaired) electrons. The summed E-state index contributed by atoms with van der Waals surface area (Å²) in [5.41, 5.74) is 0. The second kappa shape index (κ2) is 37.2. The van der Waals surface area contributed by atoms with Crippen LogP contribution < -0.4 is 51.4 Å². The van der Waals surface area contributed by atoms with Gasteiger partial charge in [-0.2, -0.15) is 0 Å². The van der Waals surface area contributed by atoms with Crippen molar-refractivity contribution in [3.8, 4) is 0 Å². The summed E-state index contributed by atoms with van der Waals surface area (Å²) in [5.74, 6) is 0. The Labute approximate surface area is 127 Å². The second-order valence-corrected chi connectivity index (χ2v) is 1.22. The maximum atomic E-state index is 8.52. The van der Waals surface area contributed by atoms with Crippen molar-refractivity contribution in [3.63, 3.8) is 0 Å². The molecule has 0 aromatic carbocycles. The fourth-order valence-electron chi connectivity index (χ4n) is 0. The van der Waals surface area contributed by atoms with E-state index in [0.29, 0.717) is 0 Å². The van der Waals surface area contributed by atoms with Crippen LogP contribution in [0.3, 0.4) is 0 Å². The molecule has 0 amide bonds. The molecule has 10 nitrogen and oxygen atoms in total. The van der Waals surface area contributed by atoms with E-state index in [2.05, 4.69) is 0 Å². The monoisotopic (exact) mass is 301 g/mol. The van der Waals surface area contributed by atoms with Crippen LogP contribution in [0.2, 0.25) is 0 Å². The average molecular weight is 302 g/mol. The van der Waals surface area contributed by atoms with Crippen LogP contribution in [0.15, 0.2) is 0 Å². The van der Waals surface area contributed by atoms with E-state index in [-0.39, 0.29) is 101 Å². The Balaban J connectivity index is -0.00000000286. The molecule has 0 fully saturated rings. The minimum atomic E-state index is -5.17. The normalized spacial score (nSPS) is 4.46. The maximum Gasteiger partial charge on any atom is 2.00 e. The van der Waals surface area contributed by atoms with Crippen LogP contribution in [0.4, 0.5) is 0 Å². The first-order valence-electron chi connectivity index (χ1n) is 0.667. The smallest absolute Gasteiger partial charge is 0.759 e. The van der Waals surface area contributed by atoms with Crippen molar-refractivity contribution in [2.75, 3.05) is 0 Å². The van der Waals surface area contributed by atoms with E-state index in [0.717, 1.165) is 0 Å². The Morgan fingerprint density at radius 1 is 0.692 bits per heavy atom. The van der Waals surface area contributed by atoms with Crippen LogP contribution in [-0.2, 0) is 26.9 Å². The molecule has 88 valence electrons. The third-order valence-corrected chi connectivity index (χ3v) is 0. The summed E-state index contributed by atoms with van der Waals surface area (Å²) in [7, 11) is -5.17. The molecule has 0 rings (SSSR count). The molecule has 0 bridgehead atoms. The zero-order valence-electron chi connectivity index (χ0n) is 6.36. The molecular formula is H12KNiO10S+. The summed E-state index contributed by atoms with van der Waals surface area (Å²) in [5, 5.41) is 0. The quantitative estimate of drug-likeness (QED) is 0.239. The predicted molar refractivity (Wildman–Crippen MR) is 32.2 cm³/mol. The van der Waals surface area contributed by atoms with Gasteiger partial charge in [0.2, 0.25) is 0 Å². The first-order valence-corrected chi connectivity index (χ1v) is 2.00. The van der Waals surface area contributed by atoms with Gasteiger partial charge in [0, 0.05) is 10.4 Å².